The SMILES string of the molecule is OCCOc1ccc(NCc2cncs2)cc1. The van der Waals surface area contributed by atoms with Gasteiger partial charge in [0.15, 0.2) is 0 Å². The van der Waals surface area contributed by atoms with E-state index >= 15 is 0 Å². The molecule has 17 heavy (non-hydrogen) atoms. The second-order valence-electron chi connectivity index (χ2n) is 3.42. The van der Waals surface area contributed by atoms with Crippen LogP contribution in [-0.4, -0.2) is 23.3 Å². The summed E-state index contributed by atoms with van der Waals surface area (Å²) in [4.78, 5) is 5.22. The van der Waals surface area contributed by atoms with E-state index in [1.54, 1.807) is 11.3 Å². The fourth-order valence-electron chi connectivity index (χ4n) is 1.35. The van der Waals surface area contributed by atoms with Gasteiger partial charge in [0.05, 0.1) is 18.7 Å². The second-order valence-corrected chi connectivity index (χ2v) is 4.39. The van der Waals surface area contributed by atoms with Crippen LogP contribution in [0.4, 0.5) is 5.69 Å². The van der Waals surface area contributed by atoms with Crippen LogP contribution >= 0.6 is 11.3 Å². The quantitative estimate of drug-likeness (QED) is 0.824. The van der Waals surface area contributed by atoms with Gasteiger partial charge < -0.3 is 15.2 Å². The van der Waals surface area contributed by atoms with Crippen molar-refractivity contribution in [2.45, 2.75) is 6.54 Å². The predicted molar refractivity (Wildman–Crippen MR) is 68.5 cm³/mol. The van der Waals surface area contributed by atoms with Crippen molar-refractivity contribution in [1.29, 1.82) is 0 Å². The van der Waals surface area contributed by atoms with Gasteiger partial charge in [-0.25, -0.2) is 0 Å². The number of aliphatic hydroxyl groups excluding tert-OH is 1. The molecule has 1 aromatic carbocycles. The Morgan fingerprint density at radius 2 is 2.12 bits per heavy atom. The molecule has 0 aliphatic carbocycles. The maximum Gasteiger partial charge on any atom is 0.119 e. The first-order valence-electron chi connectivity index (χ1n) is 5.33. The Morgan fingerprint density at radius 3 is 2.76 bits per heavy atom. The highest BCUT2D eigenvalue weighted by atomic mass is 32.1. The molecule has 0 fully saturated rings. The standard InChI is InChI=1S/C12H14N2O2S/c15-5-6-16-11-3-1-10(2-4-11)14-8-12-7-13-9-17-12/h1-4,7,9,14-15H,5-6,8H2. The zero-order chi connectivity index (χ0) is 11.9. The lowest BCUT2D eigenvalue weighted by molar-refractivity contribution is 0.201. The van der Waals surface area contributed by atoms with Crippen LogP contribution in [0.3, 0.4) is 0 Å². The topological polar surface area (TPSA) is 54.4 Å². The molecule has 0 radical (unpaired) electrons. The molecule has 0 amide bonds. The lowest BCUT2D eigenvalue weighted by atomic mass is 10.3. The summed E-state index contributed by atoms with van der Waals surface area (Å²) in [6, 6.07) is 7.66. The molecule has 0 aliphatic rings. The summed E-state index contributed by atoms with van der Waals surface area (Å²) in [7, 11) is 0. The zero-order valence-corrected chi connectivity index (χ0v) is 10.1. The van der Waals surface area contributed by atoms with Crippen molar-refractivity contribution in [3.05, 3.63) is 40.8 Å². The zero-order valence-electron chi connectivity index (χ0n) is 9.30. The Hall–Kier alpha value is -1.59. The molecular weight excluding hydrogens is 236 g/mol. The molecule has 0 unspecified atom stereocenters. The van der Waals surface area contributed by atoms with E-state index in [1.807, 2.05) is 36.0 Å². The van der Waals surface area contributed by atoms with Crippen molar-refractivity contribution in [2.75, 3.05) is 18.5 Å². The van der Waals surface area contributed by atoms with Crippen LogP contribution in [0.1, 0.15) is 4.88 Å². The number of hydrogen-bond donors (Lipinski definition) is 2. The normalized spacial score (nSPS) is 10.2. The molecule has 0 spiro atoms. The van der Waals surface area contributed by atoms with E-state index in [-0.39, 0.29) is 6.61 Å². The third kappa shape index (κ3) is 3.72. The van der Waals surface area contributed by atoms with Gasteiger partial charge >= 0.3 is 0 Å². The number of hydrogen-bond acceptors (Lipinski definition) is 5. The maximum absolute atomic E-state index is 8.63. The molecule has 2 N–H and O–H groups in total. The number of rotatable bonds is 6. The van der Waals surface area contributed by atoms with Gasteiger partial charge in [0, 0.05) is 16.8 Å². The van der Waals surface area contributed by atoms with Crippen LogP contribution in [0.5, 0.6) is 5.75 Å². The molecule has 0 saturated carbocycles. The molecule has 2 aromatic rings. The van der Waals surface area contributed by atoms with Gasteiger partial charge in [0.1, 0.15) is 12.4 Å². The van der Waals surface area contributed by atoms with Gasteiger partial charge in [-0.2, -0.15) is 0 Å². The number of anilines is 1. The Morgan fingerprint density at radius 1 is 1.29 bits per heavy atom. The largest absolute Gasteiger partial charge is 0.491 e. The van der Waals surface area contributed by atoms with Crippen LogP contribution in [0.15, 0.2) is 36.0 Å². The smallest absolute Gasteiger partial charge is 0.119 e. The van der Waals surface area contributed by atoms with Crippen molar-refractivity contribution in [1.82, 2.24) is 4.98 Å². The lowest BCUT2D eigenvalue weighted by Gasteiger charge is -2.07. The molecule has 0 bridgehead atoms. The van der Waals surface area contributed by atoms with E-state index in [4.69, 9.17) is 9.84 Å². The van der Waals surface area contributed by atoms with Crippen molar-refractivity contribution in [3.8, 4) is 5.75 Å². The number of thiazole rings is 1. The molecular formula is C12H14N2O2S. The molecule has 0 aliphatic heterocycles. The van der Waals surface area contributed by atoms with E-state index in [0.717, 1.165) is 18.0 Å². The van der Waals surface area contributed by atoms with Crippen LogP contribution in [0, 0.1) is 0 Å². The summed E-state index contributed by atoms with van der Waals surface area (Å²) in [5, 5.41) is 11.9. The van der Waals surface area contributed by atoms with Gasteiger partial charge in [-0.05, 0) is 24.3 Å². The van der Waals surface area contributed by atoms with Crippen molar-refractivity contribution in [2.24, 2.45) is 0 Å². The third-order valence-corrected chi connectivity index (χ3v) is 2.94. The van der Waals surface area contributed by atoms with E-state index < -0.39 is 0 Å². The second kappa shape index (κ2) is 6.22. The molecule has 1 heterocycles. The van der Waals surface area contributed by atoms with Crippen LogP contribution in [0.25, 0.3) is 0 Å². The Balaban J connectivity index is 1.85. The average molecular weight is 250 g/mol. The molecule has 2 rings (SSSR count). The summed E-state index contributed by atoms with van der Waals surface area (Å²) in [6.07, 6.45) is 1.86. The van der Waals surface area contributed by atoms with Gasteiger partial charge in [-0.3, -0.25) is 4.98 Å². The predicted octanol–water partition coefficient (Wildman–Crippen LogP) is 2.13. The van der Waals surface area contributed by atoms with E-state index in [0.29, 0.717) is 6.61 Å². The van der Waals surface area contributed by atoms with E-state index in [9.17, 15) is 0 Å². The first kappa shape index (κ1) is 11.9. The van der Waals surface area contributed by atoms with Gasteiger partial charge in [-0.15, -0.1) is 11.3 Å². The van der Waals surface area contributed by atoms with Gasteiger partial charge in [0.2, 0.25) is 0 Å². The minimum atomic E-state index is 0.0331. The molecule has 90 valence electrons. The van der Waals surface area contributed by atoms with Crippen molar-refractivity contribution < 1.29 is 9.84 Å². The Kier molecular flexibility index (Phi) is 4.35. The van der Waals surface area contributed by atoms with Gasteiger partial charge in [0.25, 0.3) is 0 Å². The van der Waals surface area contributed by atoms with Crippen LogP contribution in [-0.2, 0) is 6.54 Å². The fourth-order valence-corrected chi connectivity index (χ4v) is 1.89. The van der Waals surface area contributed by atoms with Crippen LogP contribution < -0.4 is 10.1 Å². The van der Waals surface area contributed by atoms with Gasteiger partial charge in [-0.1, -0.05) is 0 Å². The number of benzene rings is 1. The van der Waals surface area contributed by atoms with Crippen LogP contribution in [0.2, 0.25) is 0 Å². The monoisotopic (exact) mass is 250 g/mol. The molecule has 0 atom stereocenters. The Labute approximate surface area is 104 Å². The number of aromatic nitrogens is 1. The number of ether oxygens (including phenoxy) is 1. The third-order valence-electron chi connectivity index (χ3n) is 2.16. The van der Waals surface area contributed by atoms with E-state index in [2.05, 4.69) is 10.3 Å². The molecule has 4 nitrogen and oxygen atoms in total. The summed E-state index contributed by atoms with van der Waals surface area (Å²) in [6.45, 7) is 1.14. The van der Waals surface area contributed by atoms with Crippen molar-refractivity contribution >= 4 is 17.0 Å². The maximum atomic E-state index is 8.63. The highest BCUT2D eigenvalue weighted by Crippen LogP contribution is 2.17. The molecule has 0 saturated heterocycles. The summed E-state index contributed by atoms with van der Waals surface area (Å²) < 4.78 is 5.27. The van der Waals surface area contributed by atoms with E-state index in [1.165, 1.54) is 4.88 Å². The molecule has 5 heteroatoms. The highest BCUT2D eigenvalue weighted by molar-refractivity contribution is 7.09. The number of aliphatic hydroxyl groups is 1. The van der Waals surface area contributed by atoms with Crippen molar-refractivity contribution in [3.63, 3.8) is 0 Å². The minimum Gasteiger partial charge on any atom is -0.491 e. The summed E-state index contributed by atoms with van der Waals surface area (Å²) in [5.41, 5.74) is 2.86. The lowest BCUT2D eigenvalue weighted by Crippen LogP contribution is -2.02. The average Bonchev–Trinajstić information content (AvgIpc) is 2.88. The summed E-state index contributed by atoms with van der Waals surface area (Å²) in [5.74, 6) is 0.766. The summed E-state index contributed by atoms with van der Waals surface area (Å²) >= 11 is 1.63. The number of nitrogens with zero attached hydrogens (tertiary/aromatic N) is 1. The first-order chi connectivity index (χ1) is 8.38. The molecule has 1 aromatic heterocycles. The Bertz CT molecular complexity index is 428. The highest BCUT2D eigenvalue weighted by Gasteiger charge is 1.97. The number of nitrogens with one attached hydrogen (secondary N) is 1. The fraction of sp³-hybridized carbons (Fsp3) is 0.250. The first-order valence-corrected chi connectivity index (χ1v) is 6.21. The minimum absolute atomic E-state index is 0.0331.